The van der Waals surface area contributed by atoms with Crippen LogP contribution in [0.1, 0.15) is 11.7 Å². The average Bonchev–Trinajstić information content (AvgIpc) is 3.45. The molecule has 4 aromatic rings. The summed E-state index contributed by atoms with van der Waals surface area (Å²) in [5.41, 5.74) is 3.11. The maximum atomic E-state index is 5.85. The summed E-state index contributed by atoms with van der Waals surface area (Å²) in [6, 6.07) is 20.1. The van der Waals surface area contributed by atoms with Gasteiger partial charge in [-0.2, -0.15) is 0 Å². The third-order valence-corrected chi connectivity index (χ3v) is 4.68. The van der Waals surface area contributed by atoms with E-state index in [1.54, 1.807) is 13.2 Å². The lowest BCUT2D eigenvalue weighted by atomic mass is 10.2. The van der Waals surface area contributed by atoms with Gasteiger partial charge in [0.15, 0.2) is 11.7 Å². The van der Waals surface area contributed by atoms with Crippen LogP contribution in [0.25, 0.3) is 22.6 Å². The van der Waals surface area contributed by atoms with Gasteiger partial charge in [-0.3, -0.25) is 4.99 Å². The summed E-state index contributed by atoms with van der Waals surface area (Å²) < 4.78 is 5.85. The van der Waals surface area contributed by atoms with Crippen molar-refractivity contribution in [1.29, 1.82) is 0 Å². The van der Waals surface area contributed by atoms with Crippen LogP contribution in [0.5, 0.6) is 0 Å². The van der Waals surface area contributed by atoms with Gasteiger partial charge in [-0.15, -0.1) is 0 Å². The molecule has 30 heavy (non-hydrogen) atoms. The first-order valence-corrected chi connectivity index (χ1v) is 9.74. The summed E-state index contributed by atoms with van der Waals surface area (Å²) in [7, 11) is 3.71. The standard InChI is InChI=1S/C23H24N6O/c1-24-23(27-15-22-26-14-20(30-22)18-11-7-4-8-12-18)29(2)16-21-25-13-19(28-21)17-9-5-3-6-10-17/h3-14H,15-16H2,1-2H3,(H,24,27)(H,25,28). The number of hydrogen-bond donors (Lipinski definition) is 2. The van der Waals surface area contributed by atoms with Crippen molar-refractivity contribution in [2.24, 2.45) is 4.99 Å². The predicted octanol–water partition coefficient (Wildman–Crippen LogP) is 3.94. The van der Waals surface area contributed by atoms with Crippen molar-refractivity contribution in [3.05, 3.63) is 84.8 Å². The van der Waals surface area contributed by atoms with Crippen molar-refractivity contribution in [2.45, 2.75) is 13.1 Å². The normalized spacial score (nSPS) is 11.5. The number of aromatic nitrogens is 3. The number of benzene rings is 2. The van der Waals surface area contributed by atoms with Gasteiger partial charge in [0.1, 0.15) is 5.82 Å². The summed E-state index contributed by atoms with van der Waals surface area (Å²) in [5, 5.41) is 3.29. The monoisotopic (exact) mass is 400 g/mol. The topological polar surface area (TPSA) is 82.3 Å². The predicted molar refractivity (Wildman–Crippen MR) is 118 cm³/mol. The molecule has 152 valence electrons. The maximum Gasteiger partial charge on any atom is 0.214 e. The minimum Gasteiger partial charge on any atom is -0.439 e. The molecule has 2 aromatic heterocycles. The van der Waals surface area contributed by atoms with Crippen LogP contribution in [0.2, 0.25) is 0 Å². The first kappa shape index (κ1) is 19.4. The molecule has 0 radical (unpaired) electrons. The van der Waals surface area contributed by atoms with E-state index >= 15 is 0 Å². The van der Waals surface area contributed by atoms with E-state index in [9.17, 15) is 0 Å². The largest absolute Gasteiger partial charge is 0.439 e. The van der Waals surface area contributed by atoms with E-state index in [2.05, 4.69) is 37.4 Å². The second-order valence-electron chi connectivity index (χ2n) is 6.85. The molecule has 2 N–H and O–H groups in total. The lowest BCUT2D eigenvalue weighted by Crippen LogP contribution is -2.38. The van der Waals surface area contributed by atoms with E-state index in [-0.39, 0.29) is 0 Å². The summed E-state index contributed by atoms with van der Waals surface area (Å²) >= 11 is 0. The number of aliphatic imine (C=N–C) groups is 1. The molecule has 7 heteroatoms. The van der Waals surface area contributed by atoms with E-state index in [4.69, 9.17) is 4.42 Å². The van der Waals surface area contributed by atoms with Gasteiger partial charge < -0.3 is 19.6 Å². The van der Waals surface area contributed by atoms with Crippen LogP contribution in [0.3, 0.4) is 0 Å². The molecule has 0 aliphatic heterocycles. The van der Waals surface area contributed by atoms with E-state index < -0.39 is 0 Å². The van der Waals surface area contributed by atoms with E-state index in [0.29, 0.717) is 19.0 Å². The number of oxazole rings is 1. The van der Waals surface area contributed by atoms with Crippen LogP contribution in [0.4, 0.5) is 0 Å². The number of nitrogens with one attached hydrogen (secondary N) is 2. The number of H-pyrrole nitrogens is 1. The fraction of sp³-hybridized carbons (Fsp3) is 0.174. The fourth-order valence-corrected chi connectivity index (χ4v) is 3.17. The molecule has 0 amide bonds. The Hall–Kier alpha value is -3.87. The molecule has 0 fully saturated rings. The molecule has 2 aromatic carbocycles. The average molecular weight is 400 g/mol. The molecule has 2 heterocycles. The van der Waals surface area contributed by atoms with Crippen molar-refractivity contribution < 1.29 is 4.42 Å². The van der Waals surface area contributed by atoms with E-state index in [1.165, 1.54) is 0 Å². The van der Waals surface area contributed by atoms with Crippen molar-refractivity contribution in [1.82, 2.24) is 25.2 Å². The van der Waals surface area contributed by atoms with Gasteiger partial charge in [-0.25, -0.2) is 9.97 Å². The number of nitrogens with zero attached hydrogens (tertiary/aromatic N) is 4. The highest BCUT2D eigenvalue weighted by Crippen LogP contribution is 2.20. The van der Waals surface area contributed by atoms with E-state index in [0.717, 1.165) is 34.4 Å². The molecule has 0 saturated carbocycles. The summed E-state index contributed by atoms with van der Waals surface area (Å²) in [6.07, 6.45) is 3.60. The molecular formula is C23H24N6O. The van der Waals surface area contributed by atoms with Gasteiger partial charge >= 0.3 is 0 Å². The van der Waals surface area contributed by atoms with Crippen LogP contribution in [-0.4, -0.2) is 39.9 Å². The molecule has 0 aliphatic rings. The summed E-state index contributed by atoms with van der Waals surface area (Å²) in [6.45, 7) is 1.03. The van der Waals surface area contributed by atoms with Gasteiger partial charge in [0, 0.05) is 19.7 Å². The molecule has 0 spiro atoms. The Bertz CT molecular complexity index is 1100. The van der Waals surface area contributed by atoms with Crippen LogP contribution < -0.4 is 5.32 Å². The minimum absolute atomic E-state index is 0.442. The Morgan fingerprint density at radius 3 is 2.40 bits per heavy atom. The molecule has 7 nitrogen and oxygen atoms in total. The highest BCUT2D eigenvalue weighted by Gasteiger charge is 2.12. The molecule has 0 bridgehead atoms. The van der Waals surface area contributed by atoms with Gasteiger partial charge in [0.2, 0.25) is 5.89 Å². The summed E-state index contributed by atoms with van der Waals surface area (Å²) in [4.78, 5) is 18.6. The second-order valence-corrected chi connectivity index (χ2v) is 6.85. The zero-order chi connectivity index (χ0) is 20.8. The van der Waals surface area contributed by atoms with Crippen LogP contribution in [0, 0.1) is 0 Å². The zero-order valence-electron chi connectivity index (χ0n) is 17.0. The van der Waals surface area contributed by atoms with Gasteiger partial charge in [-0.1, -0.05) is 60.7 Å². The van der Waals surface area contributed by atoms with Crippen molar-refractivity contribution in [3.63, 3.8) is 0 Å². The smallest absolute Gasteiger partial charge is 0.214 e. The molecule has 0 atom stereocenters. The highest BCUT2D eigenvalue weighted by atomic mass is 16.4. The number of hydrogen-bond acceptors (Lipinski definition) is 4. The van der Waals surface area contributed by atoms with Crippen LogP contribution >= 0.6 is 0 Å². The van der Waals surface area contributed by atoms with Crippen molar-refractivity contribution in [2.75, 3.05) is 14.1 Å². The Kier molecular flexibility index (Phi) is 5.89. The lowest BCUT2D eigenvalue weighted by molar-refractivity contribution is 0.448. The van der Waals surface area contributed by atoms with Gasteiger partial charge in [0.25, 0.3) is 0 Å². The Morgan fingerprint density at radius 2 is 1.70 bits per heavy atom. The van der Waals surface area contributed by atoms with Crippen molar-refractivity contribution in [3.8, 4) is 22.6 Å². The molecule has 0 aliphatic carbocycles. The number of rotatable bonds is 6. The Labute approximate surface area is 175 Å². The Morgan fingerprint density at radius 1 is 1.00 bits per heavy atom. The van der Waals surface area contributed by atoms with Gasteiger partial charge in [-0.05, 0) is 5.56 Å². The van der Waals surface area contributed by atoms with Crippen molar-refractivity contribution >= 4 is 5.96 Å². The summed E-state index contributed by atoms with van der Waals surface area (Å²) in [5.74, 6) is 2.95. The number of imidazole rings is 1. The third-order valence-electron chi connectivity index (χ3n) is 4.68. The van der Waals surface area contributed by atoms with Crippen LogP contribution in [0.15, 0.2) is 82.5 Å². The minimum atomic E-state index is 0.442. The quantitative estimate of drug-likeness (QED) is 0.378. The maximum absolute atomic E-state index is 5.85. The first-order valence-electron chi connectivity index (χ1n) is 9.74. The molecule has 0 unspecified atom stereocenters. The third kappa shape index (κ3) is 4.57. The fourth-order valence-electron chi connectivity index (χ4n) is 3.17. The SMILES string of the molecule is CN=C(NCc1ncc(-c2ccccc2)o1)N(C)Cc1ncc(-c2ccccc2)[nH]1. The second kappa shape index (κ2) is 9.09. The Balaban J connectivity index is 1.35. The van der Waals surface area contributed by atoms with Gasteiger partial charge in [0.05, 0.1) is 31.2 Å². The molecule has 0 saturated heterocycles. The molecule has 4 rings (SSSR count). The zero-order valence-corrected chi connectivity index (χ0v) is 17.0. The highest BCUT2D eigenvalue weighted by molar-refractivity contribution is 5.79. The molecular weight excluding hydrogens is 376 g/mol. The lowest BCUT2D eigenvalue weighted by Gasteiger charge is -2.20. The number of guanidine groups is 1. The number of aromatic amines is 1. The van der Waals surface area contributed by atoms with Crippen LogP contribution in [-0.2, 0) is 13.1 Å². The first-order chi connectivity index (χ1) is 14.7. The van der Waals surface area contributed by atoms with E-state index in [1.807, 2.05) is 66.7 Å².